The van der Waals surface area contributed by atoms with E-state index in [2.05, 4.69) is 18.9 Å². The van der Waals surface area contributed by atoms with Gasteiger partial charge in [0, 0.05) is 37.8 Å². The van der Waals surface area contributed by atoms with Gasteiger partial charge in [0.25, 0.3) is 11.8 Å². The van der Waals surface area contributed by atoms with Crippen LogP contribution in [0.1, 0.15) is 46.2 Å². The van der Waals surface area contributed by atoms with Gasteiger partial charge in [-0.3, -0.25) is 9.59 Å². The Labute approximate surface area is 202 Å². The van der Waals surface area contributed by atoms with Crippen LogP contribution in [0.4, 0.5) is 0 Å². The number of thiophene rings is 1. The lowest BCUT2D eigenvalue weighted by Gasteiger charge is -2.35. The first-order chi connectivity index (χ1) is 16.4. The number of hydrogen-bond donors (Lipinski definition) is 0. The number of pyridine rings is 1. The number of aryl methyl sites for hydroxylation is 1. The lowest BCUT2D eigenvalue weighted by atomic mass is 10.1. The van der Waals surface area contributed by atoms with Crippen LogP contribution in [0.5, 0.6) is 0 Å². The van der Waals surface area contributed by atoms with Crippen LogP contribution in [0.15, 0.2) is 54.0 Å². The van der Waals surface area contributed by atoms with E-state index in [-0.39, 0.29) is 17.9 Å². The number of carbonyl (C=O) groups excluding carboxylic acids is 2. The molecular weight excluding hydrogens is 446 g/mol. The second kappa shape index (κ2) is 9.02. The Kier molecular flexibility index (Phi) is 5.91. The van der Waals surface area contributed by atoms with Crippen molar-refractivity contribution in [3.8, 4) is 10.6 Å². The van der Waals surface area contributed by atoms with Gasteiger partial charge in [0.2, 0.25) is 0 Å². The van der Waals surface area contributed by atoms with Gasteiger partial charge in [0.15, 0.2) is 5.65 Å². The van der Waals surface area contributed by atoms with E-state index in [4.69, 9.17) is 4.98 Å². The first kappa shape index (κ1) is 22.3. The van der Waals surface area contributed by atoms with E-state index in [9.17, 15) is 9.59 Å². The predicted octanol–water partition coefficient (Wildman–Crippen LogP) is 4.65. The molecule has 34 heavy (non-hydrogen) atoms. The minimum atomic E-state index is -0.0454. The molecule has 0 unspecified atom stereocenters. The highest BCUT2D eigenvalue weighted by Crippen LogP contribution is 2.30. The van der Waals surface area contributed by atoms with Gasteiger partial charge in [-0.1, -0.05) is 23.8 Å². The molecule has 1 aromatic carbocycles. The summed E-state index contributed by atoms with van der Waals surface area (Å²) in [4.78, 5) is 36.1. The molecule has 1 aliphatic heterocycles. The topological polar surface area (TPSA) is 71.3 Å². The molecule has 4 aromatic rings. The summed E-state index contributed by atoms with van der Waals surface area (Å²) in [5.41, 5.74) is 3.92. The normalized spacial score (nSPS) is 14.2. The molecule has 0 N–H and O–H groups in total. The van der Waals surface area contributed by atoms with Crippen LogP contribution in [0.3, 0.4) is 0 Å². The Morgan fingerprint density at radius 1 is 0.971 bits per heavy atom. The molecule has 0 atom stereocenters. The van der Waals surface area contributed by atoms with E-state index >= 15 is 0 Å². The average Bonchev–Trinajstić information content (AvgIpc) is 3.53. The quantitative estimate of drug-likeness (QED) is 0.433. The minimum Gasteiger partial charge on any atom is -0.335 e. The van der Waals surface area contributed by atoms with E-state index in [1.54, 1.807) is 17.5 Å². The first-order valence-electron chi connectivity index (χ1n) is 11.5. The van der Waals surface area contributed by atoms with Gasteiger partial charge >= 0.3 is 0 Å². The molecule has 2 amide bonds. The van der Waals surface area contributed by atoms with Crippen molar-refractivity contribution in [2.45, 2.75) is 26.8 Å². The van der Waals surface area contributed by atoms with Crippen LogP contribution in [-0.2, 0) is 0 Å². The smallest absolute Gasteiger partial charge is 0.254 e. The summed E-state index contributed by atoms with van der Waals surface area (Å²) < 4.78 is 1.86. The third-order valence-corrected chi connectivity index (χ3v) is 7.10. The molecule has 0 spiro atoms. The van der Waals surface area contributed by atoms with Crippen LogP contribution in [0, 0.1) is 6.92 Å². The number of nitrogens with zero attached hydrogens (tertiary/aromatic N) is 5. The number of hydrogen-bond acceptors (Lipinski definition) is 5. The summed E-state index contributed by atoms with van der Waals surface area (Å²) in [5, 5.41) is 7.28. The highest BCUT2D eigenvalue weighted by Gasteiger charge is 2.28. The number of benzene rings is 1. The second-order valence-electron chi connectivity index (χ2n) is 8.90. The molecular formula is C26H27N5O2S. The lowest BCUT2D eigenvalue weighted by molar-refractivity contribution is 0.0536. The van der Waals surface area contributed by atoms with E-state index < -0.39 is 0 Å². The molecule has 5 rings (SSSR count). The van der Waals surface area contributed by atoms with Crippen molar-refractivity contribution in [3.05, 3.63) is 70.7 Å². The number of piperazine rings is 1. The van der Waals surface area contributed by atoms with E-state index in [0.717, 1.165) is 27.2 Å². The number of carbonyl (C=O) groups is 2. The fourth-order valence-electron chi connectivity index (χ4n) is 4.29. The third kappa shape index (κ3) is 4.09. The predicted molar refractivity (Wildman–Crippen MR) is 134 cm³/mol. The fraction of sp³-hybridized carbons (Fsp3) is 0.308. The zero-order valence-electron chi connectivity index (χ0n) is 19.6. The Bertz CT molecular complexity index is 1330. The summed E-state index contributed by atoms with van der Waals surface area (Å²) in [6.07, 6.45) is 1.74. The molecule has 8 heteroatoms. The third-order valence-electron chi connectivity index (χ3n) is 6.21. The van der Waals surface area contributed by atoms with E-state index in [1.165, 1.54) is 0 Å². The molecule has 1 fully saturated rings. The van der Waals surface area contributed by atoms with Crippen molar-refractivity contribution >= 4 is 34.2 Å². The second-order valence-corrected chi connectivity index (χ2v) is 9.85. The maximum atomic E-state index is 13.7. The van der Waals surface area contributed by atoms with Crippen LogP contribution in [-0.4, -0.2) is 62.6 Å². The van der Waals surface area contributed by atoms with Gasteiger partial charge in [-0.15, -0.1) is 11.3 Å². The number of amides is 2. The minimum absolute atomic E-state index is 0.0107. The molecule has 174 valence electrons. The SMILES string of the molecule is Cc1ccc(C(=O)N2CCN(C(=O)c3cc(-c4cccs4)nc4c3cnn4C(C)C)CC2)cc1. The van der Waals surface area contributed by atoms with Gasteiger partial charge in [0.05, 0.1) is 27.7 Å². The number of aromatic nitrogens is 3. The number of rotatable bonds is 4. The lowest BCUT2D eigenvalue weighted by Crippen LogP contribution is -2.50. The molecule has 7 nitrogen and oxygen atoms in total. The Hall–Kier alpha value is -3.52. The molecule has 1 saturated heterocycles. The van der Waals surface area contributed by atoms with Crippen molar-refractivity contribution in [1.82, 2.24) is 24.6 Å². The van der Waals surface area contributed by atoms with Crippen molar-refractivity contribution in [2.24, 2.45) is 0 Å². The first-order valence-corrected chi connectivity index (χ1v) is 12.4. The highest BCUT2D eigenvalue weighted by molar-refractivity contribution is 7.13. The van der Waals surface area contributed by atoms with Crippen LogP contribution >= 0.6 is 11.3 Å². The van der Waals surface area contributed by atoms with Crippen molar-refractivity contribution in [1.29, 1.82) is 0 Å². The van der Waals surface area contributed by atoms with Crippen LogP contribution in [0.25, 0.3) is 21.6 Å². The Morgan fingerprint density at radius 2 is 1.65 bits per heavy atom. The van der Waals surface area contributed by atoms with Crippen molar-refractivity contribution in [2.75, 3.05) is 26.2 Å². The molecule has 0 aliphatic carbocycles. The highest BCUT2D eigenvalue weighted by atomic mass is 32.1. The monoisotopic (exact) mass is 473 g/mol. The molecule has 3 aromatic heterocycles. The summed E-state index contributed by atoms with van der Waals surface area (Å²) in [6, 6.07) is 13.6. The van der Waals surface area contributed by atoms with Gasteiger partial charge in [-0.25, -0.2) is 9.67 Å². The summed E-state index contributed by atoms with van der Waals surface area (Å²) in [6.45, 7) is 8.12. The van der Waals surface area contributed by atoms with Crippen molar-refractivity contribution in [3.63, 3.8) is 0 Å². The summed E-state index contributed by atoms with van der Waals surface area (Å²) in [7, 11) is 0. The molecule has 1 aliphatic rings. The standard InChI is InChI=1S/C26H27N5O2S/c1-17(2)31-24-21(16-27-31)20(15-22(28-24)23-5-4-14-34-23)26(33)30-12-10-29(11-13-30)25(32)19-8-6-18(3)7-9-19/h4-9,14-17H,10-13H2,1-3H3. The largest absolute Gasteiger partial charge is 0.335 e. The van der Waals surface area contributed by atoms with Crippen LogP contribution < -0.4 is 0 Å². The molecule has 4 heterocycles. The Balaban J connectivity index is 1.40. The number of fused-ring (bicyclic) bond motifs is 1. The van der Waals surface area contributed by atoms with Gasteiger partial charge in [0.1, 0.15) is 0 Å². The zero-order chi connectivity index (χ0) is 23.8. The zero-order valence-corrected chi connectivity index (χ0v) is 20.4. The molecule has 0 bridgehead atoms. The maximum Gasteiger partial charge on any atom is 0.254 e. The summed E-state index contributed by atoms with van der Waals surface area (Å²) >= 11 is 1.60. The van der Waals surface area contributed by atoms with Crippen molar-refractivity contribution < 1.29 is 9.59 Å². The van der Waals surface area contributed by atoms with Gasteiger partial charge in [-0.2, -0.15) is 5.10 Å². The average molecular weight is 474 g/mol. The molecule has 0 saturated carbocycles. The van der Waals surface area contributed by atoms with Gasteiger partial charge < -0.3 is 9.80 Å². The van der Waals surface area contributed by atoms with E-state index in [1.807, 2.05) is 69.2 Å². The summed E-state index contributed by atoms with van der Waals surface area (Å²) in [5.74, 6) is -0.0347. The maximum absolute atomic E-state index is 13.7. The fourth-order valence-corrected chi connectivity index (χ4v) is 4.97. The van der Waals surface area contributed by atoms with Gasteiger partial charge in [-0.05, 0) is 50.4 Å². The van der Waals surface area contributed by atoms with Crippen LogP contribution in [0.2, 0.25) is 0 Å². The Morgan fingerprint density at radius 3 is 2.26 bits per heavy atom. The molecule has 0 radical (unpaired) electrons. The van der Waals surface area contributed by atoms with E-state index in [0.29, 0.717) is 37.3 Å².